The molecule has 0 fully saturated rings. The maximum absolute atomic E-state index is 6.05. The zero-order valence-electron chi connectivity index (χ0n) is 13.1. The highest BCUT2D eigenvalue weighted by atomic mass is 35.5. The van der Waals surface area contributed by atoms with Gasteiger partial charge in [0.1, 0.15) is 5.82 Å². The number of hydrogen-bond acceptors (Lipinski definition) is 2. The van der Waals surface area contributed by atoms with E-state index in [-0.39, 0.29) is 0 Å². The Kier molecular flexibility index (Phi) is 5.63. The van der Waals surface area contributed by atoms with Gasteiger partial charge in [0.2, 0.25) is 0 Å². The predicted molar refractivity (Wildman–Crippen MR) is 91.6 cm³/mol. The summed E-state index contributed by atoms with van der Waals surface area (Å²) in [5.41, 5.74) is 4.73. The lowest BCUT2D eigenvalue weighted by Crippen LogP contribution is -2.19. The Balaban J connectivity index is 2.46. The molecule has 0 radical (unpaired) electrons. The number of benzene rings is 1. The van der Waals surface area contributed by atoms with Crippen molar-refractivity contribution in [1.82, 2.24) is 4.98 Å². The van der Waals surface area contributed by atoms with Gasteiger partial charge in [0.25, 0.3) is 0 Å². The van der Waals surface area contributed by atoms with Crippen LogP contribution < -0.4 is 4.90 Å². The molecule has 0 saturated heterocycles. The molecule has 0 atom stereocenters. The first kappa shape index (κ1) is 15.8. The number of anilines is 2. The normalized spacial score (nSPS) is 10.7. The lowest BCUT2D eigenvalue weighted by Gasteiger charge is -2.25. The lowest BCUT2D eigenvalue weighted by molar-refractivity contribution is 0.867. The summed E-state index contributed by atoms with van der Waals surface area (Å²) in [5.74, 6) is 1.52. The molecular weight excluding hydrogens is 280 g/mol. The van der Waals surface area contributed by atoms with Crippen molar-refractivity contribution in [3.8, 4) is 0 Å². The molecule has 0 unspecified atom stereocenters. The van der Waals surface area contributed by atoms with E-state index in [1.54, 1.807) is 0 Å². The minimum absolute atomic E-state index is 0.525. The highest BCUT2D eigenvalue weighted by Gasteiger charge is 2.12. The highest BCUT2D eigenvalue weighted by molar-refractivity contribution is 6.17. The summed E-state index contributed by atoms with van der Waals surface area (Å²) in [5, 5.41) is 0. The molecule has 0 amide bonds. The van der Waals surface area contributed by atoms with E-state index >= 15 is 0 Å². The van der Waals surface area contributed by atoms with Crippen LogP contribution in [-0.4, -0.2) is 11.5 Å². The smallest absolute Gasteiger partial charge is 0.133 e. The van der Waals surface area contributed by atoms with Crippen molar-refractivity contribution in [3.05, 3.63) is 53.2 Å². The second-order valence-corrected chi connectivity index (χ2v) is 5.51. The Morgan fingerprint density at radius 3 is 2.52 bits per heavy atom. The van der Waals surface area contributed by atoms with Crippen LogP contribution in [0, 0.1) is 6.92 Å². The Labute approximate surface area is 132 Å². The molecule has 21 heavy (non-hydrogen) atoms. The van der Waals surface area contributed by atoms with Crippen LogP contribution in [0.1, 0.15) is 37.1 Å². The van der Waals surface area contributed by atoms with Gasteiger partial charge in [0.15, 0.2) is 0 Å². The van der Waals surface area contributed by atoms with Gasteiger partial charge < -0.3 is 4.90 Å². The fraction of sp³-hybridized carbons (Fsp3) is 0.389. The number of para-hydroxylation sites is 1. The van der Waals surface area contributed by atoms with E-state index in [1.165, 1.54) is 11.3 Å². The summed E-state index contributed by atoms with van der Waals surface area (Å²) >= 11 is 6.05. The Bertz CT molecular complexity index is 596. The summed E-state index contributed by atoms with van der Waals surface area (Å²) in [6.45, 7) is 7.35. The standard InChI is InChI=1S/C18H23ClN2/c1-4-8-16-11-15(13-19)12-18(20-16)21(5-2)17-10-7-6-9-14(17)3/h6-7,9-12H,4-5,8,13H2,1-3H3. The van der Waals surface area contributed by atoms with Gasteiger partial charge in [-0.2, -0.15) is 0 Å². The van der Waals surface area contributed by atoms with Crippen molar-refractivity contribution in [1.29, 1.82) is 0 Å². The average molecular weight is 303 g/mol. The van der Waals surface area contributed by atoms with Gasteiger partial charge in [0, 0.05) is 23.8 Å². The Morgan fingerprint density at radius 2 is 1.90 bits per heavy atom. The van der Waals surface area contributed by atoms with E-state index in [2.05, 4.69) is 62.1 Å². The minimum Gasteiger partial charge on any atom is -0.326 e. The number of rotatable bonds is 6. The Hall–Kier alpha value is -1.54. The summed E-state index contributed by atoms with van der Waals surface area (Å²) in [6, 6.07) is 12.6. The molecule has 0 spiro atoms. The molecule has 3 heteroatoms. The molecule has 2 rings (SSSR count). The SMILES string of the molecule is CCCc1cc(CCl)cc(N(CC)c2ccccc2C)n1. The van der Waals surface area contributed by atoms with Crippen LogP contribution in [0.5, 0.6) is 0 Å². The van der Waals surface area contributed by atoms with Crippen molar-refractivity contribution >= 4 is 23.1 Å². The maximum atomic E-state index is 6.05. The van der Waals surface area contributed by atoms with Gasteiger partial charge >= 0.3 is 0 Å². The van der Waals surface area contributed by atoms with Crippen LogP contribution in [0.3, 0.4) is 0 Å². The molecule has 0 N–H and O–H groups in total. The second kappa shape index (κ2) is 7.46. The van der Waals surface area contributed by atoms with Crippen LogP contribution >= 0.6 is 11.6 Å². The van der Waals surface area contributed by atoms with Crippen molar-refractivity contribution in [3.63, 3.8) is 0 Å². The third-order valence-corrected chi connectivity index (χ3v) is 3.89. The van der Waals surface area contributed by atoms with Crippen molar-refractivity contribution < 1.29 is 0 Å². The first-order valence-corrected chi connectivity index (χ1v) is 8.12. The van der Waals surface area contributed by atoms with Gasteiger partial charge in [-0.15, -0.1) is 11.6 Å². The van der Waals surface area contributed by atoms with Crippen molar-refractivity contribution in [2.24, 2.45) is 0 Å². The third-order valence-electron chi connectivity index (χ3n) is 3.58. The molecule has 0 aliphatic rings. The number of nitrogens with zero attached hydrogens (tertiary/aromatic N) is 2. The Morgan fingerprint density at radius 1 is 1.14 bits per heavy atom. The summed E-state index contributed by atoms with van der Waals surface area (Å²) in [7, 11) is 0. The van der Waals surface area contributed by atoms with Gasteiger partial charge in [-0.3, -0.25) is 0 Å². The van der Waals surface area contributed by atoms with E-state index in [0.29, 0.717) is 5.88 Å². The molecular formula is C18H23ClN2. The topological polar surface area (TPSA) is 16.1 Å². The first-order valence-electron chi connectivity index (χ1n) is 7.58. The van der Waals surface area contributed by atoms with Crippen LogP contribution in [-0.2, 0) is 12.3 Å². The molecule has 1 heterocycles. The van der Waals surface area contributed by atoms with Gasteiger partial charge in [-0.05, 0) is 49.6 Å². The van der Waals surface area contributed by atoms with E-state index in [1.807, 2.05) is 0 Å². The largest absolute Gasteiger partial charge is 0.326 e. The molecule has 0 aliphatic carbocycles. The number of aromatic nitrogens is 1. The third kappa shape index (κ3) is 3.76. The fourth-order valence-electron chi connectivity index (χ4n) is 2.55. The monoisotopic (exact) mass is 302 g/mol. The molecule has 0 saturated carbocycles. The summed E-state index contributed by atoms with van der Waals surface area (Å²) in [6.07, 6.45) is 2.08. The average Bonchev–Trinajstić information content (AvgIpc) is 2.50. The molecule has 2 aromatic rings. The summed E-state index contributed by atoms with van der Waals surface area (Å²) < 4.78 is 0. The number of aryl methyl sites for hydroxylation is 2. The zero-order chi connectivity index (χ0) is 15.2. The van der Waals surface area contributed by atoms with Crippen LogP contribution in [0.15, 0.2) is 36.4 Å². The predicted octanol–water partition coefficient (Wildman–Crippen LogP) is 5.24. The number of pyridine rings is 1. The van der Waals surface area contributed by atoms with Crippen molar-refractivity contribution in [2.45, 2.75) is 39.5 Å². The molecule has 2 nitrogen and oxygen atoms in total. The van der Waals surface area contributed by atoms with Gasteiger partial charge in [-0.25, -0.2) is 4.98 Å². The maximum Gasteiger partial charge on any atom is 0.133 e. The summed E-state index contributed by atoms with van der Waals surface area (Å²) in [4.78, 5) is 7.08. The van der Waals surface area contributed by atoms with Crippen LogP contribution in [0.25, 0.3) is 0 Å². The second-order valence-electron chi connectivity index (χ2n) is 5.24. The van der Waals surface area contributed by atoms with E-state index in [0.717, 1.165) is 36.5 Å². The number of hydrogen-bond donors (Lipinski definition) is 0. The quantitative estimate of drug-likeness (QED) is 0.678. The number of alkyl halides is 1. The van der Waals surface area contributed by atoms with Crippen molar-refractivity contribution in [2.75, 3.05) is 11.4 Å². The molecule has 1 aromatic carbocycles. The van der Waals surface area contributed by atoms with Gasteiger partial charge in [0.05, 0.1) is 0 Å². The molecule has 0 aliphatic heterocycles. The zero-order valence-corrected chi connectivity index (χ0v) is 13.8. The fourth-order valence-corrected chi connectivity index (χ4v) is 2.71. The first-order chi connectivity index (χ1) is 10.2. The number of halogens is 1. The van der Waals surface area contributed by atoms with Crippen LogP contribution in [0.4, 0.5) is 11.5 Å². The van der Waals surface area contributed by atoms with E-state index in [4.69, 9.17) is 16.6 Å². The van der Waals surface area contributed by atoms with E-state index in [9.17, 15) is 0 Å². The highest BCUT2D eigenvalue weighted by Crippen LogP contribution is 2.28. The molecule has 0 bridgehead atoms. The van der Waals surface area contributed by atoms with E-state index < -0.39 is 0 Å². The molecule has 1 aromatic heterocycles. The molecule has 112 valence electrons. The van der Waals surface area contributed by atoms with Crippen LogP contribution in [0.2, 0.25) is 0 Å². The van der Waals surface area contributed by atoms with Gasteiger partial charge in [-0.1, -0.05) is 31.5 Å². The lowest BCUT2D eigenvalue weighted by atomic mass is 10.1. The minimum atomic E-state index is 0.525.